The van der Waals surface area contributed by atoms with Crippen LogP contribution in [0.5, 0.6) is 0 Å². The first-order chi connectivity index (χ1) is 11.7. The molecule has 1 atom stereocenters. The third-order valence-corrected chi connectivity index (χ3v) is 4.84. The minimum absolute atomic E-state index is 0.153. The molecule has 25 heavy (non-hydrogen) atoms. The number of aliphatic carboxylic acids is 1. The van der Waals surface area contributed by atoms with Crippen molar-refractivity contribution in [3.05, 3.63) is 35.4 Å². The summed E-state index contributed by atoms with van der Waals surface area (Å²) in [6, 6.07) is 2.86. The monoisotopic (exact) mass is 357 g/mol. The van der Waals surface area contributed by atoms with Crippen LogP contribution in [0.3, 0.4) is 0 Å². The van der Waals surface area contributed by atoms with E-state index in [-0.39, 0.29) is 12.2 Å². The zero-order valence-corrected chi connectivity index (χ0v) is 13.4. The molecule has 1 amide bonds. The molecule has 1 aliphatic heterocycles. The first-order valence-corrected chi connectivity index (χ1v) is 8.12. The Labute approximate surface area is 142 Å². The number of carbonyl (C=O) groups excluding carboxylic acids is 1. The van der Waals surface area contributed by atoms with E-state index in [1.54, 1.807) is 0 Å². The summed E-state index contributed by atoms with van der Waals surface area (Å²) < 4.78 is 44.5. The van der Waals surface area contributed by atoms with Crippen LogP contribution in [0.15, 0.2) is 24.3 Å². The second kappa shape index (κ2) is 6.33. The lowest BCUT2D eigenvalue weighted by atomic mass is 9.89. The topological polar surface area (TPSA) is 66.8 Å². The number of alkyl halides is 3. The predicted octanol–water partition coefficient (Wildman–Crippen LogP) is 3.29. The van der Waals surface area contributed by atoms with E-state index in [4.69, 9.17) is 4.74 Å². The quantitative estimate of drug-likeness (QED) is 0.882. The van der Waals surface area contributed by atoms with Crippen molar-refractivity contribution in [2.24, 2.45) is 0 Å². The highest BCUT2D eigenvalue weighted by atomic mass is 19.4. The van der Waals surface area contributed by atoms with Crippen molar-refractivity contribution in [1.82, 2.24) is 4.90 Å². The molecule has 1 heterocycles. The van der Waals surface area contributed by atoms with E-state index in [2.05, 4.69) is 0 Å². The van der Waals surface area contributed by atoms with Gasteiger partial charge in [0.1, 0.15) is 5.72 Å². The molecule has 8 heteroatoms. The standard InChI is InChI=1S/C17H18F3NO4/c18-17(19,20)12-6-4-5-11(9-12)14(22)21-13(15(23)24)10-25-16(21)7-2-1-3-8-16/h4-6,9,13H,1-3,7-8,10H2,(H,23,24). The van der Waals surface area contributed by atoms with E-state index in [0.29, 0.717) is 12.8 Å². The molecular weight excluding hydrogens is 339 g/mol. The van der Waals surface area contributed by atoms with Crippen molar-refractivity contribution in [2.75, 3.05) is 6.61 Å². The van der Waals surface area contributed by atoms with Gasteiger partial charge in [0.25, 0.3) is 5.91 Å². The van der Waals surface area contributed by atoms with Gasteiger partial charge in [0.15, 0.2) is 6.04 Å². The highest BCUT2D eigenvalue weighted by molar-refractivity contribution is 5.97. The second-order valence-electron chi connectivity index (χ2n) is 6.43. The predicted molar refractivity (Wildman–Crippen MR) is 80.8 cm³/mol. The first-order valence-electron chi connectivity index (χ1n) is 8.12. The van der Waals surface area contributed by atoms with E-state index >= 15 is 0 Å². The van der Waals surface area contributed by atoms with E-state index in [1.807, 2.05) is 0 Å². The Hall–Kier alpha value is -2.09. The van der Waals surface area contributed by atoms with Crippen molar-refractivity contribution < 1.29 is 32.6 Å². The molecule has 1 saturated carbocycles. The molecule has 0 radical (unpaired) electrons. The van der Waals surface area contributed by atoms with E-state index < -0.39 is 35.4 Å². The van der Waals surface area contributed by atoms with Crippen LogP contribution in [0.1, 0.15) is 48.0 Å². The van der Waals surface area contributed by atoms with Gasteiger partial charge in [0.05, 0.1) is 12.2 Å². The highest BCUT2D eigenvalue weighted by Crippen LogP contribution is 2.41. The summed E-state index contributed by atoms with van der Waals surface area (Å²) >= 11 is 0. The molecule has 0 aromatic heterocycles. The highest BCUT2D eigenvalue weighted by Gasteiger charge is 2.53. The van der Waals surface area contributed by atoms with Crippen molar-refractivity contribution in [3.63, 3.8) is 0 Å². The van der Waals surface area contributed by atoms with Gasteiger partial charge in [0.2, 0.25) is 0 Å². The Balaban J connectivity index is 1.98. The van der Waals surface area contributed by atoms with Crippen molar-refractivity contribution in [3.8, 4) is 0 Å². The number of amides is 1. The van der Waals surface area contributed by atoms with Gasteiger partial charge in [-0.3, -0.25) is 9.69 Å². The van der Waals surface area contributed by atoms with E-state index in [9.17, 15) is 27.9 Å². The number of hydrogen-bond donors (Lipinski definition) is 1. The van der Waals surface area contributed by atoms with Crippen LogP contribution in [0.2, 0.25) is 0 Å². The molecule has 1 saturated heterocycles. The molecule has 1 spiro atoms. The van der Waals surface area contributed by atoms with Crippen LogP contribution < -0.4 is 0 Å². The molecule has 5 nitrogen and oxygen atoms in total. The molecule has 2 aliphatic rings. The summed E-state index contributed by atoms with van der Waals surface area (Å²) in [7, 11) is 0. The molecule has 1 unspecified atom stereocenters. The van der Waals surface area contributed by atoms with Gasteiger partial charge >= 0.3 is 12.1 Å². The van der Waals surface area contributed by atoms with Gasteiger partial charge in [-0.15, -0.1) is 0 Å². The largest absolute Gasteiger partial charge is 0.480 e. The number of carboxylic acid groups (broad SMARTS) is 1. The summed E-state index contributed by atoms with van der Waals surface area (Å²) in [5.41, 5.74) is -2.16. The number of halogens is 3. The minimum Gasteiger partial charge on any atom is -0.480 e. The fourth-order valence-corrected chi connectivity index (χ4v) is 3.63. The third-order valence-electron chi connectivity index (χ3n) is 4.84. The van der Waals surface area contributed by atoms with Crippen LogP contribution >= 0.6 is 0 Å². The van der Waals surface area contributed by atoms with Crippen LogP contribution in [0.4, 0.5) is 13.2 Å². The number of ether oxygens (including phenoxy) is 1. The van der Waals surface area contributed by atoms with Crippen LogP contribution in [-0.2, 0) is 15.7 Å². The van der Waals surface area contributed by atoms with E-state index in [0.717, 1.165) is 42.4 Å². The summed E-state index contributed by atoms with van der Waals surface area (Å²) in [4.78, 5) is 25.6. The Morgan fingerprint density at radius 3 is 2.48 bits per heavy atom. The zero-order valence-electron chi connectivity index (χ0n) is 13.4. The number of nitrogens with zero attached hydrogens (tertiary/aromatic N) is 1. The third kappa shape index (κ3) is 3.22. The lowest BCUT2D eigenvalue weighted by Gasteiger charge is -2.41. The number of carboxylic acids is 1. The number of hydrogen-bond acceptors (Lipinski definition) is 3. The van der Waals surface area contributed by atoms with E-state index in [1.165, 1.54) is 6.07 Å². The maximum absolute atomic E-state index is 12.9. The van der Waals surface area contributed by atoms with Gasteiger partial charge in [-0.05, 0) is 43.9 Å². The second-order valence-corrected chi connectivity index (χ2v) is 6.43. The molecule has 3 rings (SSSR count). The summed E-state index contributed by atoms with van der Waals surface area (Å²) in [5, 5.41) is 9.42. The molecule has 136 valence electrons. The lowest BCUT2D eigenvalue weighted by Crippen LogP contribution is -2.54. The normalized spacial score (nSPS) is 23.0. The molecule has 1 aromatic rings. The number of carbonyl (C=O) groups is 2. The fourth-order valence-electron chi connectivity index (χ4n) is 3.63. The maximum atomic E-state index is 12.9. The summed E-state index contributed by atoms with van der Waals surface area (Å²) in [6.07, 6.45) is -1.10. The van der Waals surface area contributed by atoms with Gasteiger partial charge in [-0.2, -0.15) is 13.2 Å². The first kappa shape index (κ1) is 17.7. The molecule has 2 fully saturated rings. The van der Waals surface area contributed by atoms with Crippen molar-refractivity contribution in [1.29, 1.82) is 0 Å². The minimum atomic E-state index is -4.58. The van der Waals surface area contributed by atoms with Crippen LogP contribution in [0, 0.1) is 0 Å². The summed E-state index contributed by atoms with van der Waals surface area (Å²) in [5.74, 6) is -1.96. The maximum Gasteiger partial charge on any atom is 0.416 e. The van der Waals surface area contributed by atoms with Crippen molar-refractivity contribution in [2.45, 2.75) is 50.0 Å². The van der Waals surface area contributed by atoms with Gasteiger partial charge in [0, 0.05) is 5.56 Å². The SMILES string of the molecule is O=C(O)C1COC2(CCCCC2)N1C(=O)c1cccc(C(F)(F)F)c1. The molecule has 0 bridgehead atoms. The van der Waals surface area contributed by atoms with Crippen LogP contribution in [0.25, 0.3) is 0 Å². The smallest absolute Gasteiger partial charge is 0.416 e. The Bertz CT molecular complexity index is 683. The average molecular weight is 357 g/mol. The molecule has 1 aliphatic carbocycles. The summed E-state index contributed by atoms with van der Waals surface area (Å²) in [6.45, 7) is -0.153. The van der Waals surface area contributed by atoms with Gasteiger partial charge < -0.3 is 9.84 Å². The van der Waals surface area contributed by atoms with Gasteiger partial charge in [-0.25, -0.2) is 4.79 Å². The Morgan fingerprint density at radius 1 is 1.20 bits per heavy atom. The Kier molecular flexibility index (Phi) is 4.49. The number of benzene rings is 1. The van der Waals surface area contributed by atoms with Crippen LogP contribution in [-0.4, -0.2) is 40.3 Å². The molecule has 1 N–H and O–H groups in total. The lowest BCUT2D eigenvalue weighted by molar-refractivity contribution is -0.143. The van der Waals surface area contributed by atoms with Crippen molar-refractivity contribution >= 4 is 11.9 Å². The molecule has 1 aromatic carbocycles. The Morgan fingerprint density at radius 2 is 1.88 bits per heavy atom. The van der Waals surface area contributed by atoms with Gasteiger partial charge in [-0.1, -0.05) is 12.5 Å². The fraction of sp³-hybridized carbons (Fsp3) is 0.529. The zero-order chi connectivity index (χ0) is 18.2. The molecular formula is C17H18F3NO4. The average Bonchev–Trinajstić information content (AvgIpc) is 2.93. The number of rotatable bonds is 2.